The highest BCUT2D eigenvalue weighted by Gasteiger charge is 2.29. The molecule has 0 aliphatic heterocycles. The summed E-state index contributed by atoms with van der Waals surface area (Å²) in [6.45, 7) is 0. The molecule has 0 amide bonds. The predicted octanol–water partition coefficient (Wildman–Crippen LogP) is 3.50. The minimum absolute atomic E-state index is 0.0614. The Labute approximate surface area is 156 Å². The predicted molar refractivity (Wildman–Crippen MR) is 101 cm³/mol. The maximum Gasteiger partial charge on any atom is 0.296 e. The van der Waals surface area contributed by atoms with E-state index in [2.05, 4.69) is 0 Å². The van der Waals surface area contributed by atoms with Gasteiger partial charge in [0.05, 0.1) is 35.5 Å². The van der Waals surface area contributed by atoms with Crippen LogP contribution in [0.4, 0.5) is 0 Å². The third-order valence-electron chi connectivity index (χ3n) is 4.20. The first kappa shape index (κ1) is 18.4. The van der Waals surface area contributed by atoms with E-state index in [1.165, 1.54) is 35.5 Å². The Morgan fingerprint density at radius 2 is 1.26 bits per heavy atom. The molecule has 0 N–H and O–H groups in total. The average molecular weight is 372 g/mol. The number of hydrogen-bond acceptors (Lipinski definition) is 7. The van der Waals surface area contributed by atoms with Crippen LogP contribution in [0.15, 0.2) is 39.5 Å². The molecular weight excluding hydrogens is 352 g/mol. The molecule has 3 aromatic rings. The van der Waals surface area contributed by atoms with Crippen molar-refractivity contribution >= 4 is 11.0 Å². The lowest BCUT2D eigenvalue weighted by Crippen LogP contribution is -2.11. The molecule has 0 radical (unpaired) electrons. The van der Waals surface area contributed by atoms with Crippen molar-refractivity contribution in [1.82, 2.24) is 0 Å². The van der Waals surface area contributed by atoms with Gasteiger partial charge in [0.15, 0.2) is 11.3 Å². The van der Waals surface area contributed by atoms with Gasteiger partial charge in [0.25, 0.3) is 5.95 Å². The van der Waals surface area contributed by atoms with Gasteiger partial charge in [-0.3, -0.25) is 4.79 Å². The van der Waals surface area contributed by atoms with Crippen molar-refractivity contribution in [2.24, 2.45) is 0 Å². The zero-order chi connectivity index (χ0) is 19.6. The Morgan fingerprint density at radius 3 is 1.78 bits per heavy atom. The van der Waals surface area contributed by atoms with Crippen molar-refractivity contribution in [3.05, 3.63) is 40.6 Å². The molecule has 7 heteroatoms. The number of hydrogen-bond donors (Lipinski definition) is 0. The third-order valence-corrected chi connectivity index (χ3v) is 4.20. The van der Waals surface area contributed by atoms with Crippen LogP contribution in [0.1, 0.15) is 0 Å². The minimum Gasteiger partial charge on any atom is -0.492 e. The fourth-order valence-electron chi connectivity index (χ4n) is 3.05. The van der Waals surface area contributed by atoms with Gasteiger partial charge in [-0.1, -0.05) is 30.3 Å². The van der Waals surface area contributed by atoms with Gasteiger partial charge in [0, 0.05) is 0 Å². The highest BCUT2D eigenvalue weighted by molar-refractivity contribution is 5.97. The second kappa shape index (κ2) is 7.49. The molecule has 142 valence electrons. The average Bonchev–Trinajstić information content (AvgIpc) is 2.71. The van der Waals surface area contributed by atoms with E-state index in [-0.39, 0.29) is 50.9 Å². The Balaban J connectivity index is 2.57. The number of methoxy groups -OCH3 is 5. The van der Waals surface area contributed by atoms with Crippen molar-refractivity contribution in [2.75, 3.05) is 35.5 Å². The first-order valence-electron chi connectivity index (χ1n) is 8.08. The zero-order valence-corrected chi connectivity index (χ0v) is 15.7. The summed E-state index contributed by atoms with van der Waals surface area (Å²) in [5.74, 6) is 0.952. The van der Waals surface area contributed by atoms with Crippen molar-refractivity contribution in [1.29, 1.82) is 0 Å². The summed E-state index contributed by atoms with van der Waals surface area (Å²) >= 11 is 0. The van der Waals surface area contributed by atoms with Crippen LogP contribution >= 0.6 is 0 Å². The summed E-state index contributed by atoms with van der Waals surface area (Å²) in [5, 5.41) is 0.173. The fraction of sp³-hybridized carbons (Fsp3) is 0.250. The Bertz CT molecular complexity index is 1020. The molecule has 3 rings (SSSR count). The molecule has 1 heterocycles. The normalized spacial score (nSPS) is 10.6. The lowest BCUT2D eigenvalue weighted by Gasteiger charge is -2.18. The van der Waals surface area contributed by atoms with Crippen molar-refractivity contribution in [2.45, 2.75) is 0 Å². The molecule has 0 unspecified atom stereocenters. The number of benzene rings is 2. The fourth-order valence-corrected chi connectivity index (χ4v) is 3.05. The molecular formula is C20H20O7. The van der Waals surface area contributed by atoms with Crippen LogP contribution in [0.3, 0.4) is 0 Å². The van der Waals surface area contributed by atoms with Gasteiger partial charge in [-0.2, -0.15) is 0 Å². The van der Waals surface area contributed by atoms with Gasteiger partial charge in [0.1, 0.15) is 10.9 Å². The smallest absolute Gasteiger partial charge is 0.296 e. The van der Waals surface area contributed by atoms with Gasteiger partial charge in [-0.05, 0) is 5.56 Å². The SMILES string of the molecule is COc1oc2c(OC)c(OC)c(OC)c(OC)c2c(=O)c1-c1ccccc1. The molecule has 2 aromatic carbocycles. The molecule has 27 heavy (non-hydrogen) atoms. The number of ether oxygens (including phenoxy) is 5. The standard InChI is InChI=1S/C20H20O7/c1-22-15-13-14(21)12(11-9-7-6-8-10-11)20(26-5)27-16(13)18(24-3)19(25-4)17(15)23-2/h6-10H,1-5H3. The lowest BCUT2D eigenvalue weighted by atomic mass is 10.0. The van der Waals surface area contributed by atoms with E-state index in [0.717, 1.165) is 0 Å². The largest absolute Gasteiger partial charge is 0.492 e. The molecule has 0 aliphatic rings. The molecule has 0 saturated heterocycles. The van der Waals surface area contributed by atoms with Crippen LogP contribution in [0.2, 0.25) is 0 Å². The Kier molecular flexibility index (Phi) is 5.12. The maximum absolute atomic E-state index is 13.5. The molecule has 0 saturated carbocycles. The lowest BCUT2D eigenvalue weighted by molar-refractivity contribution is 0.293. The molecule has 0 spiro atoms. The van der Waals surface area contributed by atoms with E-state index in [9.17, 15) is 4.79 Å². The van der Waals surface area contributed by atoms with Gasteiger partial charge in [-0.15, -0.1) is 0 Å². The highest BCUT2D eigenvalue weighted by Crippen LogP contribution is 2.51. The third kappa shape index (κ3) is 2.81. The first-order chi connectivity index (χ1) is 13.1. The summed E-state index contributed by atoms with van der Waals surface area (Å²) in [6, 6.07) is 9.10. The van der Waals surface area contributed by atoms with E-state index in [0.29, 0.717) is 5.56 Å². The summed E-state index contributed by atoms with van der Waals surface area (Å²) < 4.78 is 33.0. The van der Waals surface area contributed by atoms with Gasteiger partial charge >= 0.3 is 0 Å². The summed E-state index contributed by atoms with van der Waals surface area (Å²) in [7, 11) is 7.23. The zero-order valence-electron chi connectivity index (χ0n) is 15.7. The van der Waals surface area contributed by atoms with Crippen molar-refractivity contribution in [3.63, 3.8) is 0 Å². The monoisotopic (exact) mass is 372 g/mol. The van der Waals surface area contributed by atoms with Gasteiger partial charge in [-0.25, -0.2) is 0 Å². The van der Waals surface area contributed by atoms with E-state index in [1.54, 1.807) is 12.1 Å². The van der Waals surface area contributed by atoms with Crippen molar-refractivity contribution < 1.29 is 28.1 Å². The quantitative estimate of drug-likeness (QED) is 0.655. The van der Waals surface area contributed by atoms with Gasteiger partial charge < -0.3 is 28.1 Å². The van der Waals surface area contributed by atoms with Crippen LogP contribution in [0.5, 0.6) is 28.9 Å². The van der Waals surface area contributed by atoms with Crippen LogP contribution < -0.4 is 29.1 Å². The molecule has 0 fully saturated rings. The number of rotatable bonds is 6. The molecule has 0 bridgehead atoms. The highest BCUT2D eigenvalue weighted by atomic mass is 16.6. The maximum atomic E-state index is 13.5. The minimum atomic E-state index is -0.338. The summed E-state index contributed by atoms with van der Waals surface area (Å²) in [5.41, 5.74) is 0.739. The van der Waals surface area contributed by atoms with Crippen LogP contribution in [-0.4, -0.2) is 35.5 Å². The molecule has 0 aliphatic carbocycles. The second-order valence-corrected chi connectivity index (χ2v) is 5.50. The Morgan fingerprint density at radius 1 is 0.704 bits per heavy atom. The van der Waals surface area contributed by atoms with Crippen LogP contribution in [0, 0.1) is 0 Å². The topological polar surface area (TPSA) is 76.4 Å². The molecule has 0 atom stereocenters. The first-order valence-corrected chi connectivity index (χ1v) is 8.08. The van der Waals surface area contributed by atoms with E-state index < -0.39 is 0 Å². The van der Waals surface area contributed by atoms with Crippen molar-refractivity contribution in [3.8, 4) is 40.1 Å². The van der Waals surface area contributed by atoms with E-state index >= 15 is 0 Å². The molecule has 1 aromatic heterocycles. The summed E-state index contributed by atoms with van der Waals surface area (Å²) in [6.07, 6.45) is 0. The molecule has 7 nitrogen and oxygen atoms in total. The van der Waals surface area contributed by atoms with Gasteiger partial charge in [0.2, 0.25) is 22.7 Å². The van der Waals surface area contributed by atoms with E-state index in [4.69, 9.17) is 28.1 Å². The Hall–Kier alpha value is -3.35. The van der Waals surface area contributed by atoms with Crippen LogP contribution in [-0.2, 0) is 0 Å². The van der Waals surface area contributed by atoms with Crippen LogP contribution in [0.25, 0.3) is 22.1 Å². The number of fused-ring (bicyclic) bond motifs is 1. The van der Waals surface area contributed by atoms with E-state index in [1.807, 2.05) is 18.2 Å². The second-order valence-electron chi connectivity index (χ2n) is 5.50. The summed E-state index contributed by atoms with van der Waals surface area (Å²) in [4.78, 5) is 13.5.